The first-order chi connectivity index (χ1) is 8.32. The van der Waals surface area contributed by atoms with Gasteiger partial charge in [-0.1, -0.05) is 0 Å². The monoisotopic (exact) mass is 261 g/mol. The number of amides is 3. The largest absolute Gasteiger partial charge is 0.371 e. The molecule has 1 aromatic rings. The Morgan fingerprint density at radius 2 is 1.83 bits per heavy atom. The van der Waals surface area contributed by atoms with Crippen LogP contribution in [-0.2, 0) is 4.79 Å². The first-order valence-corrected chi connectivity index (χ1v) is 4.83. The van der Waals surface area contributed by atoms with Crippen molar-refractivity contribution in [1.82, 2.24) is 5.32 Å². The number of nitrogens with two attached hydrogens (primary N) is 1. The van der Waals surface area contributed by atoms with Crippen LogP contribution in [0.5, 0.6) is 0 Å². The number of anilines is 1. The number of benzene rings is 1. The first kappa shape index (κ1) is 13.8. The lowest BCUT2D eigenvalue weighted by Crippen LogP contribution is -2.43. The molecule has 1 atom stereocenters. The Balaban J connectivity index is 2.82. The van der Waals surface area contributed by atoms with Crippen LogP contribution in [0.4, 0.5) is 23.7 Å². The quantitative estimate of drug-likeness (QED) is 0.712. The van der Waals surface area contributed by atoms with Crippen LogP contribution >= 0.6 is 0 Å². The lowest BCUT2D eigenvalue weighted by atomic mass is 10.2. The van der Waals surface area contributed by atoms with E-state index in [1.807, 2.05) is 0 Å². The van der Waals surface area contributed by atoms with Gasteiger partial charge in [0.05, 0.1) is 5.69 Å². The van der Waals surface area contributed by atoms with E-state index in [1.54, 1.807) is 5.32 Å². The van der Waals surface area contributed by atoms with Crippen molar-refractivity contribution < 1.29 is 22.8 Å². The number of nitrogens with one attached hydrogen (secondary N) is 2. The maximum atomic E-state index is 13.2. The summed E-state index contributed by atoms with van der Waals surface area (Å²) in [5.74, 6) is -5.27. The standard InChI is InChI=1S/C10H10F3N3O2/c1-4(9(17)16-10(14)18)15-6-3-2-5(11)7(12)8(6)13/h2-4,15H,1H3,(H3,14,16,17,18). The second-order valence-corrected chi connectivity index (χ2v) is 3.44. The highest BCUT2D eigenvalue weighted by molar-refractivity contribution is 5.97. The summed E-state index contributed by atoms with van der Waals surface area (Å²) < 4.78 is 38.8. The van der Waals surface area contributed by atoms with Gasteiger partial charge >= 0.3 is 6.03 Å². The minimum Gasteiger partial charge on any atom is -0.371 e. The molecule has 1 aromatic carbocycles. The molecule has 0 radical (unpaired) electrons. The van der Waals surface area contributed by atoms with E-state index in [0.29, 0.717) is 6.07 Å². The molecule has 0 bridgehead atoms. The molecule has 0 aliphatic carbocycles. The Labute approximate surface area is 100 Å². The molecule has 8 heteroatoms. The number of rotatable bonds is 3. The second kappa shape index (κ2) is 5.39. The Bertz CT molecular complexity index is 494. The zero-order valence-corrected chi connectivity index (χ0v) is 9.26. The van der Waals surface area contributed by atoms with Gasteiger partial charge in [0.25, 0.3) is 0 Å². The summed E-state index contributed by atoms with van der Waals surface area (Å²) in [6.45, 7) is 1.29. The molecular weight excluding hydrogens is 251 g/mol. The molecule has 5 nitrogen and oxygen atoms in total. The van der Waals surface area contributed by atoms with Crippen LogP contribution in [0.1, 0.15) is 6.92 Å². The molecular formula is C10H10F3N3O2. The Morgan fingerprint density at radius 3 is 2.39 bits per heavy atom. The number of urea groups is 1. The Hall–Kier alpha value is -2.25. The highest BCUT2D eigenvalue weighted by Crippen LogP contribution is 2.20. The minimum absolute atomic E-state index is 0.402. The van der Waals surface area contributed by atoms with Crippen LogP contribution in [0, 0.1) is 17.5 Å². The fourth-order valence-electron chi connectivity index (χ4n) is 1.17. The van der Waals surface area contributed by atoms with Crippen LogP contribution < -0.4 is 16.4 Å². The van der Waals surface area contributed by atoms with Gasteiger partial charge in [-0.15, -0.1) is 0 Å². The lowest BCUT2D eigenvalue weighted by Gasteiger charge is -2.14. The van der Waals surface area contributed by atoms with Crippen molar-refractivity contribution >= 4 is 17.6 Å². The van der Waals surface area contributed by atoms with Crippen molar-refractivity contribution in [2.75, 3.05) is 5.32 Å². The third kappa shape index (κ3) is 3.12. The van der Waals surface area contributed by atoms with Gasteiger partial charge in [-0.25, -0.2) is 18.0 Å². The average molecular weight is 261 g/mol. The summed E-state index contributed by atoms with van der Waals surface area (Å²) >= 11 is 0. The van der Waals surface area contributed by atoms with Crippen molar-refractivity contribution in [3.8, 4) is 0 Å². The van der Waals surface area contributed by atoms with E-state index in [1.165, 1.54) is 6.92 Å². The van der Waals surface area contributed by atoms with Crippen molar-refractivity contribution in [2.24, 2.45) is 5.73 Å². The fourth-order valence-corrected chi connectivity index (χ4v) is 1.17. The first-order valence-electron chi connectivity index (χ1n) is 4.83. The Morgan fingerprint density at radius 1 is 1.22 bits per heavy atom. The molecule has 1 rings (SSSR count). The average Bonchev–Trinajstić information content (AvgIpc) is 2.29. The second-order valence-electron chi connectivity index (χ2n) is 3.44. The predicted octanol–water partition coefficient (Wildman–Crippen LogP) is 1.10. The maximum absolute atomic E-state index is 13.2. The van der Waals surface area contributed by atoms with Crippen LogP contribution in [-0.4, -0.2) is 18.0 Å². The summed E-state index contributed by atoms with van der Waals surface area (Å²) in [4.78, 5) is 21.7. The van der Waals surface area contributed by atoms with Crippen LogP contribution in [0.25, 0.3) is 0 Å². The van der Waals surface area contributed by atoms with E-state index in [-0.39, 0.29) is 0 Å². The maximum Gasteiger partial charge on any atom is 0.318 e. The zero-order valence-electron chi connectivity index (χ0n) is 9.26. The Kier molecular flexibility index (Phi) is 4.13. The predicted molar refractivity (Wildman–Crippen MR) is 57.1 cm³/mol. The molecule has 98 valence electrons. The number of carbonyl (C=O) groups excluding carboxylic acids is 2. The van der Waals surface area contributed by atoms with E-state index in [0.717, 1.165) is 6.07 Å². The zero-order chi connectivity index (χ0) is 13.9. The van der Waals surface area contributed by atoms with Gasteiger partial charge in [-0.3, -0.25) is 10.1 Å². The van der Waals surface area contributed by atoms with E-state index in [4.69, 9.17) is 5.73 Å². The van der Waals surface area contributed by atoms with Crippen molar-refractivity contribution in [3.63, 3.8) is 0 Å². The number of hydrogen-bond acceptors (Lipinski definition) is 3. The summed E-state index contributed by atoms with van der Waals surface area (Å²) in [7, 11) is 0. The molecule has 0 aliphatic heterocycles. The molecule has 0 saturated carbocycles. The molecule has 0 aliphatic rings. The van der Waals surface area contributed by atoms with Gasteiger partial charge in [0.2, 0.25) is 5.91 Å². The SMILES string of the molecule is CC(Nc1ccc(F)c(F)c1F)C(=O)NC(N)=O. The third-order valence-corrected chi connectivity index (χ3v) is 2.05. The molecule has 0 fully saturated rings. The number of halogens is 3. The summed E-state index contributed by atoms with van der Waals surface area (Å²) in [5.41, 5.74) is 4.31. The third-order valence-electron chi connectivity index (χ3n) is 2.05. The van der Waals surface area contributed by atoms with E-state index in [9.17, 15) is 22.8 Å². The summed E-state index contributed by atoms with van der Waals surface area (Å²) in [6.07, 6.45) is 0. The summed E-state index contributed by atoms with van der Waals surface area (Å²) in [6, 6.07) is -0.488. The molecule has 0 saturated heterocycles. The van der Waals surface area contributed by atoms with Crippen LogP contribution in [0.2, 0.25) is 0 Å². The fraction of sp³-hybridized carbons (Fsp3) is 0.200. The van der Waals surface area contributed by atoms with E-state index >= 15 is 0 Å². The lowest BCUT2D eigenvalue weighted by molar-refractivity contribution is -0.120. The molecule has 1 unspecified atom stereocenters. The van der Waals surface area contributed by atoms with E-state index < -0.39 is 41.1 Å². The van der Waals surface area contributed by atoms with Gasteiger partial charge in [0.15, 0.2) is 17.5 Å². The number of imide groups is 1. The van der Waals surface area contributed by atoms with Gasteiger partial charge in [0, 0.05) is 0 Å². The van der Waals surface area contributed by atoms with Crippen molar-refractivity contribution in [2.45, 2.75) is 13.0 Å². The molecule has 0 aromatic heterocycles. The van der Waals surface area contributed by atoms with Gasteiger partial charge < -0.3 is 11.1 Å². The molecule has 3 amide bonds. The van der Waals surface area contributed by atoms with Crippen LogP contribution in [0.15, 0.2) is 12.1 Å². The van der Waals surface area contributed by atoms with Gasteiger partial charge in [-0.05, 0) is 19.1 Å². The highest BCUT2D eigenvalue weighted by atomic mass is 19.2. The van der Waals surface area contributed by atoms with E-state index in [2.05, 4.69) is 5.32 Å². The topological polar surface area (TPSA) is 84.2 Å². The molecule has 4 N–H and O–H groups in total. The minimum atomic E-state index is -1.65. The number of hydrogen-bond donors (Lipinski definition) is 3. The molecule has 0 heterocycles. The molecule has 18 heavy (non-hydrogen) atoms. The highest BCUT2D eigenvalue weighted by Gasteiger charge is 2.18. The van der Waals surface area contributed by atoms with Gasteiger partial charge in [-0.2, -0.15) is 0 Å². The molecule has 0 spiro atoms. The normalized spacial score (nSPS) is 11.8. The van der Waals surface area contributed by atoms with Crippen molar-refractivity contribution in [1.29, 1.82) is 0 Å². The van der Waals surface area contributed by atoms with Crippen molar-refractivity contribution in [3.05, 3.63) is 29.6 Å². The van der Waals surface area contributed by atoms with Gasteiger partial charge in [0.1, 0.15) is 6.04 Å². The summed E-state index contributed by atoms with van der Waals surface area (Å²) in [5, 5.41) is 4.04. The number of carbonyl (C=O) groups is 2. The smallest absolute Gasteiger partial charge is 0.318 e. The number of primary amides is 1. The van der Waals surface area contributed by atoms with Crippen LogP contribution in [0.3, 0.4) is 0 Å².